The summed E-state index contributed by atoms with van der Waals surface area (Å²) in [7, 11) is 0. The van der Waals surface area contributed by atoms with Crippen LogP contribution in [0.5, 0.6) is 0 Å². The van der Waals surface area contributed by atoms with E-state index in [1.807, 2.05) is 0 Å². The Hall–Kier alpha value is -3.62. The summed E-state index contributed by atoms with van der Waals surface area (Å²) >= 11 is 1.00. The van der Waals surface area contributed by atoms with E-state index >= 15 is 0 Å². The molecule has 0 saturated carbocycles. The first kappa shape index (κ1) is 14.9. The number of aromatic nitrogens is 2. The van der Waals surface area contributed by atoms with Gasteiger partial charge in [-0.25, -0.2) is 0 Å². The molecule has 0 unspecified atom stereocenters. The van der Waals surface area contributed by atoms with Gasteiger partial charge in [-0.15, -0.1) is 21.5 Å². The zero-order valence-electron chi connectivity index (χ0n) is 12.4. The summed E-state index contributed by atoms with van der Waals surface area (Å²) < 4.78 is 10.9. The molecule has 4 rings (SSSR count). The summed E-state index contributed by atoms with van der Waals surface area (Å²) in [6.07, 6.45) is 3.03. The highest BCUT2D eigenvalue weighted by Crippen LogP contribution is 2.43. The average molecular weight is 352 g/mol. The molecule has 1 amide bonds. The number of carbonyl (C=O) groups excluding carboxylic acids is 1. The van der Waals surface area contributed by atoms with E-state index in [4.69, 9.17) is 20.1 Å². The first-order chi connectivity index (χ1) is 12.2. The quantitative estimate of drug-likeness (QED) is 0.331. The summed E-state index contributed by atoms with van der Waals surface area (Å²) in [5.41, 5.74) is 15.8. The number of furan rings is 2. The van der Waals surface area contributed by atoms with E-state index in [0.29, 0.717) is 33.0 Å². The predicted molar refractivity (Wildman–Crippen MR) is 90.7 cm³/mol. The van der Waals surface area contributed by atoms with E-state index in [0.717, 1.165) is 11.3 Å². The van der Waals surface area contributed by atoms with Crippen molar-refractivity contribution in [1.29, 1.82) is 0 Å². The molecule has 0 saturated heterocycles. The van der Waals surface area contributed by atoms with Gasteiger partial charge < -0.3 is 14.6 Å². The Balaban J connectivity index is 2.09. The Bertz CT molecular complexity index is 1120. The molecule has 0 aliphatic heterocycles. The molecule has 0 aromatic carbocycles. The van der Waals surface area contributed by atoms with Gasteiger partial charge in [-0.3, -0.25) is 4.79 Å². The minimum absolute atomic E-state index is 0.103. The molecule has 0 aliphatic rings. The number of nitrogens with two attached hydrogens (primary N) is 1. The van der Waals surface area contributed by atoms with Gasteiger partial charge >= 0.3 is 0 Å². The summed E-state index contributed by atoms with van der Waals surface area (Å²) in [6.45, 7) is 0. The second-order valence-electron chi connectivity index (χ2n) is 4.90. The van der Waals surface area contributed by atoms with Crippen LogP contribution in [-0.2, 0) is 0 Å². The molecule has 10 heteroatoms. The third-order valence-corrected chi connectivity index (χ3v) is 4.58. The molecule has 0 bridgehead atoms. The summed E-state index contributed by atoms with van der Waals surface area (Å²) in [5, 5.41) is 11.9. The average Bonchev–Trinajstić information content (AvgIpc) is 3.36. The lowest BCUT2D eigenvalue weighted by Gasteiger charge is -2.06. The van der Waals surface area contributed by atoms with Crippen molar-refractivity contribution >= 4 is 33.1 Å². The lowest BCUT2D eigenvalue weighted by Crippen LogP contribution is -1.97. The van der Waals surface area contributed by atoms with Crippen molar-refractivity contribution in [2.45, 2.75) is 0 Å². The molecule has 0 atom stereocenters. The fourth-order valence-electron chi connectivity index (χ4n) is 2.50. The van der Waals surface area contributed by atoms with E-state index in [2.05, 4.69) is 20.2 Å². The highest BCUT2D eigenvalue weighted by molar-refractivity contribution is 7.21. The first-order valence-corrected chi connectivity index (χ1v) is 7.78. The van der Waals surface area contributed by atoms with Crippen LogP contribution in [0.2, 0.25) is 0 Å². The maximum Gasteiger partial charge on any atom is 0.261 e. The van der Waals surface area contributed by atoms with E-state index in [1.54, 1.807) is 24.3 Å². The van der Waals surface area contributed by atoms with Crippen LogP contribution in [0, 0.1) is 0 Å². The van der Waals surface area contributed by atoms with Gasteiger partial charge in [0, 0.05) is 4.91 Å². The van der Waals surface area contributed by atoms with Crippen molar-refractivity contribution in [3.63, 3.8) is 0 Å². The molecule has 4 heterocycles. The minimum atomic E-state index is -0.770. The standard InChI is InChI=1S/C15H8N6O3S/c16-11-10-9(7-3-1-5-23-7)12(8-4-2-6-24-8)18-20-15(10)25-13(11)14(22)19-21-17/h1-6H,16H2. The molecule has 0 spiro atoms. The highest BCUT2D eigenvalue weighted by atomic mass is 32.1. The van der Waals surface area contributed by atoms with Crippen molar-refractivity contribution in [3.8, 4) is 22.8 Å². The van der Waals surface area contributed by atoms with Gasteiger partial charge in [0.1, 0.15) is 21.2 Å². The fourth-order valence-corrected chi connectivity index (χ4v) is 3.43. The zero-order chi connectivity index (χ0) is 17.4. The van der Waals surface area contributed by atoms with Crippen LogP contribution in [0.1, 0.15) is 9.67 Å². The Labute approximate surface area is 143 Å². The van der Waals surface area contributed by atoms with Crippen LogP contribution in [0.15, 0.2) is 50.7 Å². The summed E-state index contributed by atoms with van der Waals surface area (Å²) in [5.74, 6) is 0.209. The van der Waals surface area contributed by atoms with Gasteiger partial charge in [0.2, 0.25) is 0 Å². The number of hydrogen-bond donors (Lipinski definition) is 1. The van der Waals surface area contributed by atoms with Crippen molar-refractivity contribution < 1.29 is 13.6 Å². The van der Waals surface area contributed by atoms with E-state index < -0.39 is 5.91 Å². The van der Waals surface area contributed by atoms with Crippen LogP contribution >= 0.6 is 11.3 Å². The maximum absolute atomic E-state index is 12.0. The number of anilines is 1. The van der Waals surface area contributed by atoms with Crippen LogP contribution in [0.25, 0.3) is 43.4 Å². The Morgan fingerprint density at radius 3 is 2.56 bits per heavy atom. The smallest absolute Gasteiger partial charge is 0.261 e. The minimum Gasteiger partial charge on any atom is -0.464 e. The molecule has 0 aliphatic carbocycles. The molecular formula is C15H8N6O3S. The number of amides is 1. The third kappa shape index (κ3) is 2.33. The van der Waals surface area contributed by atoms with Crippen LogP contribution < -0.4 is 5.73 Å². The van der Waals surface area contributed by atoms with Crippen LogP contribution in [0.4, 0.5) is 5.69 Å². The molecule has 0 fully saturated rings. The molecule has 25 heavy (non-hydrogen) atoms. The number of nitrogen functional groups attached to an aromatic ring is 1. The summed E-state index contributed by atoms with van der Waals surface area (Å²) in [4.78, 5) is 15.0. The number of fused-ring (bicyclic) bond motifs is 1. The first-order valence-electron chi connectivity index (χ1n) is 6.96. The third-order valence-electron chi connectivity index (χ3n) is 3.51. The SMILES string of the molecule is [N-]=[N+]=NC(=O)c1sc2nnc(-c3ccco3)c(-c3ccco3)c2c1N. The van der Waals surface area contributed by atoms with Gasteiger partial charge in [0.05, 0.1) is 29.2 Å². The topological polar surface area (TPSA) is 144 Å². The molecule has 2 N–H and O–H groups in total. The number of hydrogen-bond acceptors (Lipinski definition) is 7. The normalized spacial score (nSPS) is 10.7. The van der Waals surface area contributed by atoms with Crippen molar-refractivity contribution in [3.05, 3.63) is 52.1 Å². The van der Waals surface area contributed by atoms with Crippen molar-refractivity contribution in [2.24, 2.45) is 5.11 Å². The highest BCUT2D eigenvalue weighted by Gasteiger charge is 2.25. The van der Waals surface area contributed by atoms with Gasteiger partial charge in [-0.2, -0.15) is 0 Å². The number of rotatable bonds is 3. The van der Waals surface area contributed by atoms with E-state index in [9.17, 15) is 4.79 Å². The molecule has 4 aromatic rings. The maximum atomic E-state index is 12.0. The number of carbonyl (C=O) groups is 1. The summed E-state index contributed by atoms with van der Waals surface area (Å²) in [6, 6.07) is 6.93. The van der Waals surface area contributed by atoms with Crippen LogP contribution in [0.3, 0.4) is 0 Å². The lowest BCUT2D eigenvalue weighted by molar-refractivity contribution is 0.100. The Kier molecular flexibility index (Phi) is 3.46. The zero-order valence-corrected chi connectivity index (χ0v) is 13.2. The molecular weight excluding hydrogens is 344 g/mol. The number of nitrogens with zero attached hydrogens (tertiary/aromatic N) is 5. The van der Waals surface area contributed by atoms with E-state index in [-0.39, 0.29) is 10.6 Å². The van der Waals surface area contributed by atoms with Gasteiger partial charge in [0.15, 0.2) is 5.76 Å². The fraction of sp³-hybridized carbons (Fsp3) is 0. The van der Waals surface area contributed by atoms with Gasteiger partial charge in [-0.1, -0.05) is 0 Å². The number of thiophene rings is 1. The second-order valence-corrected chi connectivity index (χ2v) is 5.90. The Morgan fingerprint density at radius 2 is 1.92 bits per heavy atom. The van der Waals surface area contributed by atoms with Crippen LogP contribution in [-0.4, -0.2) is 16.1 Å². The van der Waals surface area contributed by atoms with Crippen molar-refractivity contribution in [2.75, 3.05) is 5.73 Å². The molecule has 4 aromatic heterocycles. The van der Waals surface area contributed by atoms with Gasteiger partial charge in [-0.05, 0) is 34.9 Å². The molecule has 9 nitrogen and oxygen atoms in total. The predicted octanol–water partition coefficient (Wildman–Crippen LogP) is 4.24. The molecule has 0 radical (unpaired) electrons. The lowest BCUT2D eigenvalue weighted by atomic mass is 10.0. The van der Waals surface area contributed by atoms with Gasteiger partial charge in [0.25, 0.3) is 5.91 Å². The Morgan fingerprint density at radius 1 is 1.20 bits per heavy atom. The second kappa shape index (κ2) is 5.78. The largest absolute Gasteiger partial charge is 0.464 e. The monoisotopic (exact) mass is 352 g/mol. The number of azide groups is 1. The molecule has 122 valence electrons. The van der Waals surface area contributed by atoms with Crippen molar-refractivity contribution in [1.82, 2.24) is 10.2 Å². The van der Waals surface area contributed by atoms with E-state index in [1.165, 1.54) is 12.5 Å².